The molecule has 4 N–H and O–H groups in total. The van der Waals surface area contributed by atoms with Gasteiger partial charge in [-0.25, -0.2) is 4.98 Å². The van der Waals surface area contributed by atoms with Gasteiger partial charge in [0.25, 0.3) is 0 Å². The average molecular weight is 510 g/mol. The highest BCUT2D eigenvalue weighted by atomic mass is 32.2. The quantitative estimate of drug-likeness (QED) is 0.409. The first-order valence-corrected chi connectivity index (χ1v) is 12.3. The van der Waals surface area contributed by atoms with E-state index in [9.17, 15) is 27.3 Å². The van der Waals surface area contributed by atoms with E-state index in [4.69, 9.17) is 5.73 Å². The number of alkyl halides is 3. The molecule has 0 aliphatic heterocycles. The summed E-state index contributed by atoms with van der Waals surface area (Å²) in [7, 11) is -1.35. The number of nitrogens with zero attached hydrogens (tertiary/aromatic N) is 1. The summed E-state index contributed by atoms with van der Waals surface area (Å²) in [6.45, 7) is 8.41. The zero-order valence-electron chi connectivity index (χ0n) is 20.3. The highest BCUT2D eigenvalue weighted by molar-refractivity contribution is 7.85. The number of aromatic amines is 1. The molecule has 0 radical (unpaired) electrons. The van der Waals surface area contributed by atoms with Crippen molar-refractivity contribution in [3.05, 3.63) is 58.9 Å². The third kappa shape index (κ3) is 5.59. The maximum absolute atomic E-state index is 14.3. The van der Waals surface area contributed by atoms with Crippen molar-refractivity contribution < 1.29 is 27.3 Å². The van der Waals surface area contributed by atoms with Gasteiger partial charge in [-0.15, -0.1) is 0 Å². The summed E-state index contributed by atoms with van der Waals surface area (Å²) in [6, 6.07) is 7.89. The number of carbonyl (C=O) groups is 1. The third-order valence-electron chi connectivity index (χ3n) is 6.08. The van der Waals surface area contributed by atoms with Crippen LogP contribution in [0.2, 0.25) is 0 Å². The number of nitrogens with one attached hydrogen (secondary N) is 1. The van der Waals surface area contributed by atoms with Crippen molar-refractivity contribution in [2.45, 2.75) is 74.9 Å². The molecule has 0 fully saturated rings. The second-order valence-corrected chi connectivity index (χ2v) is 11.9. The van der Waals surface area contributed by atoms with Gasteiger partial charge in [0.2, 0.25) is 5.91 Å². The molecule has 0 aliphatic rings. The van der Waals surface area contributed by atoms with E-state index in [2.05, 4.69) is 9.97 Å². The molecular formula is C25H30F3N3O3S. The number of aromatic nitrogens is 2. The van der Waals surface area contributed by atoms with Crippen LogP contribution in [0.15, 0.2) is 41.6 Å². The van der Waals surface area contributed by atoms with Gasteiger partial charge in [0, 0.05) is 28.3 Å². The predicted molar refractivity (Wildman–Crippen MR) is 130 cm³/mol. The molecule has 3 aromatic rings. The Morgan fingerprint density at radius 2 is 1.86 bits per heavy atom. The number of benzene rings is 1. The zero-order chi connectivity index (χ0) is 26.3. The fraction of sp³-hybridized carbons (Fsp3) is 0.440. The Morgan fingerprint density at radius 3 is 2.43 bits per heavy atom. The van der Waals surface area contributed by atoms with Gasteiger partial charge in [0.05, 0.1) is 22.5 Å². The van der Waals surface area contributed by atoms with E-state index in [-0.39, 0.29) is 16.5 Å². The lowest BCUT2D eigenvalue weighted by Crippen LogP contribution is -2.51. The first kappa shape index (κ1) is 26.9. The molecule has 0 saturated heterocycles. The minimum atomic E-state index is -4.96. The molecule has 0 saturated carbocycles. The van der Waals surface area contributed by atoms with Crippen LogP contribution < -0.4 is 5.73 Å². The molecule has 1 amide bonds. The van der Waals surface area contributed by atoms with E-state index in [0.717, 1.165) is 5.56 Å². The minimum absolute atomic E-state index is 0.127. The first-order valence-electron chi connectivity index (χ1n) is 11.1. The van der Waals surface area contributed by atoms with Crippen LogP contribution in [-0.2, 0) is 22.6 Å². The lowest BCUT2D eigenvalue weighted by molar-refractivity contribution is -0.266. The summed E-state index contributed by atoms with van der Waals surface area (Å²) in [5.41, 5.74) is 2.99. The van der Waals surface area contributed by atoms with E-state index in [0.29, 0.717) is 21.5 Å². The SMILES string of the molecule is Cc1ccc(C(C)(C)CC(O)(Cc2cc3cc(S(=O)C(C)C)ncc3[nH]2)C(F)(F)F)c(C(N)=O)c1. The van der Waals surface area contributed by atoms with Gasteiger partial charge in [0.15, 0.2) is 5.60 Å². The van der Waals surface area contributed by atoms with E-state index < -0.39 is 46.7 Å². The summed E-state index contributed by atoms with van der Waals surface area (Å²) >= 11 is 0. The van der Waals surface area contributed by atoms with Crippen LogP contribution in [0.3, 0.4) is 0 Å². The van der Waals surface area contributed by atoms with E-state index in [1.165, 1.54) is 18.3 Å². The highest BCUT2D eigenvalue weighted by Gasteiger charge is 2.56. The van der Waals surface area contributed by atoms with E-state index in [1.54, 1.807) is 52.8 Å². The van der Waals surface area contributed by atoms with Crippen LogP contribution in [0.4, 0.5) is 13.2 Å². The number of primary amides is 1. The molecular weight excluding hydrogens is 479 g/mol. The van der Waals surface area contributed by atoms with Crippen LogP contribution in [0.5, 0.6) is 0 Å². The topological polar surface area (TPSA) is 109 Å². The molecule has 10 heteroatoms. The Hall–Kier alpha value is -2.72. The number of hydrogen-bond acceptors (Lipinski definition) is 4. The predicted octanol–water partition coefficient (Wildman–Crippen LogP) is 4.69. The molecule has 3 rings (SSSR count). The second kappa shape index (κ2) is 9.39. The number of carbonyl (C=O) groups excluding carboxylic acids is 1. The van der Waals surface area contributed by atoms with Gasteiger partial charge in [-0.1, -0.05) is 45.4 Å². The lowest BCUT2D eigenvalue weighted by Gasteiger charge is -2.38. The Balaban J connectivity index is 1.99. The molecule has 0 spiro atoms. The number of fused-ring (bicyclic) bond motifs is 1. The molecule has 1 aromatic carbocycles. The van der Waals surface area contributed by atoms with Crippen LogP contribution in [-0.4, -0.2) is 42.2 Å². The van der Waals surface area contributed by atoms with Gasteiger partial charge in [-0.2, -0.15) is 13.2 Å². The molecule has 35 heavy (non-hydrogen) atoms. The van der Waals surface area contributed by atoms with Gasteiger partial charge < -0.3 is 15.8 Å². The van der Waals surface area contributed by atoms with Crippen molar-refractivity contribution in [3.8, 4) is 0 Å². The second-order valence-electron chi connectivity index (χ2n) is 9.93. The fourth-order valence-electron chi connectivity index (χ4n) is 4.37. The Labute approximate surface area is 204 Å². The monoisotopic (exact) mass is 509 g/mol. The summed E-state index contributed by atoms with van der Waals surface area (Å²) in [6.07, 6.45) is -4.98. The third-order valence-corrected chi connectivity index (χ3v) is 7.58. The summed E-state index contributed by atoms with van der Waals surface area (Å²) < 4.78 is 55.2. The summed E-state index contributed by atoms with van der Waals surface area (Å²) in [5.74, 6) is -0.745. The number of nitrogens with two attached hydrogens (primary N) is 1. The maximum Gasteiger partial charge on any atom is 0.417 e. The minimum Gasteiger partial charge on any atom is -0.380 e. The van der Waals surface area contributed by atoms with Crippen LogP contribution in [0.1, 0.15) is 61.3 Å². The fourth-order valence-corrected chi connectivity index (χ4v) is 5.26. The molecule has 0 aliphatic carbocycles. The number of aliphatic hydroxyl groups is 1. The van der Waals surface area contributed by atoms with Gasteiger partial charge in [0.1, 0.15) is 5.03 Å². The molecule has 2 atom stereocenters. The van der Waals surface area contributed by atoms with Gasteiger partial charge >= 0.3 is 6.18 Å². The smallest absolute Gasteiger partial charge is 0.380 e. The van der Waals surface area contributed by atoms with Crippen molar-refractivity contribution >= 4 is 27.6 Å². The molecule has 6 nitrogen and oxygen atoms in total. The molecule has 2 unspecified atom stereocenters. The molecule has 2 heterocycles. The summed E-state index contributed by atoms with van der Waals surface area (Å²) in [4.78, 5) is 19.0. The number of rotatable bonds is 8. The van der Waals surface area contributed by atoms with Crippen molar-refractivity contribution in [2.75, 3.05) is 0 Å². The standard InChI is InChI=1S/C25H30F3N3O3S/c1-14(2)35(34)21-10-16-9-17(31-20(16)12-30-21)11-24(33,25(26,27)28)13-23(4,5)19-7-6-15(3)8-18(19)22(29)32/h6-10,12,14,31,33H,11,13H2,1-5H3,(H2,29,32). The highest BCUT2D eigenvalue weighted by Crippen LogP contribution is 2.44. The number of halogens is 3. The number of hydrogen-bond donors (Lipinski definition) is 3. The van der Waals surface area contributed by atoms with Crippen molar-refractivity contribution in [1.82, 2.24) is 9.97 Å². The van der Waals surface area contributed by atoms with E-state index in [1.807, 2.05) is 0 Å². The lowest BCUT2D eigenvalue weighted by atomic mass is 9.72. The van der Waals surface area contributed by atoms with Crippen molar-refractivity contribution in [1.29, 1.82) is 0 Å². The Morgan fingerprint density at radius 1 is 1.20 bits per heavy atom. The van der Waals surface area contributed by atoms with Crippen molar-refractivity contribution in [2.24, 2.45) is 5.73 Å². The van der Waals surface area contributed by atoms with Gasteiger partial charge in [-0.3, -0.25) is 9.00 Å². The largest absolute Gasteiger partial charge is 0.417 e. The Kier molecular flexibility index (Phi) is 7.21. The number of aryl methyl sites for hydroxylation is 1. The van der Waals surface area contributed by atoms with Crippen LogP contribution >= 0.6 is 0 Å². The summed E-state index contributed by atoms with van der Waals surface area (Å²) in [5, 5.41) is 11.7. The molecule has 190 valence electrons. The van der Waals surface area contributed by atoms with Crippen LogP contribution in [0, 0.1) is 6.92 Å². The first-order chi connectivity index (χ1) is 16.0. The van der Waals surface area contributed by atoms with Crippen molar-refractivity contribution in [3.63, 3.8) is 0 Å². The number of H-pyrrole nitrogens is 1. The molecule has 0 bridgehead atoms. The normalized spacial score (nSPS) is 15.4. The molecule has 2 aromatic heterocycles. The average Bonchev–Trinajstić information content (AvgIpc) is 3.12. The Bertz CT molecular complexity index is 1280. The number of pyridine rings is 1. The van der Waals surface area contributed by atoms with E-state index >= 15 is 0 Å². The maximum atomic E-state index is 14.3. The van der Waals surface area contributed by atoms with Gasteiger partial charge in [-0.05, 0) is 42.5 Å². The number of amides is 1. The van der Waals surface area contributed by atoms with Crippen LogP contribution in [0.25, 0.3) is 10.9 Å². The zero-order valence-corrected chi connectivity index (χ0v) is 21.1.